The summed E-state index contributed by atoms with van der Waals surface area (Å²) in [7, 11) is 0. The summed E-state index contributed by atoms with van der Waals surface area (Å²) in [5.74, 6) is 0.878. The van der Waals surface area contributed by atoms with E-state index in [9.17, 15) is 4.79 Å². The highest BCUT2D eigenvalue weighted by Crippen LogP contribution is 2.20. The van der Waals surface area contributed by atoms with E-state index >= 15 is 0 Å². The second-order valence-electron chi connectivity index (χ2n) is 4.77. The Hall–Kier alpha value is -0.610. The minimum Gasteiger partial charge on any atom is -0.377 e. The van der Waals surface area contributed by atoms with Gasteiger partial charge in [-0.15, -0.1) is 0 Å². The smallest absolute Gasteiger partial charge is 0.225 e. The van der Waals surface area contributed by atoms with Gasteiger partial charge in [0.05, 0.1) is 12.5 Å². The Kier molecular flexibility index (Phi) is 6.52. The van der Waals surface area contributed by atoms with Crippen LogP contribution in [-0.2, 0) is 9.53 Å². The first-order chi connectivity index (χ1) is 8.21. The monoisotopic (exact) mass is 242 g/mol. The van der Waals surface area contributed by atoms with Crippen LogP contribution in [0.4, 0.5) is 0 Å². The molecule has 1 amide bonds. The summed E-state index contributed by atoms with van der Waals surface area (Å²) in [5.41, 5.74) is 5.59. The predicted octanol–water partition coefficient (Wildman–Crippen LogP) is 1.39. The molecule has 2 N–H and O–H groups in total. The zero-order chi connectivity index (χ0) is 12.7. The molecule has 1 heterocycles. The molecule has 4 nitrogen and oxygen atoms in total. The summed E-state index contributed by atoms with van der Waals surface area (Å²) >= 11 is 0. The van der Waals surface area contributed by atoms with Crippen LogP contribution in [0.5, 0.6) is 0 Å². The molecule has 17 heavy (non-hydrogen) atoms. The van der Waals surface area contributed by atoms with Crippen LogP contribution in [-0.4, -0.2) is 43.2 Å². The highest BCUT2D eigenvalue weighted by atomic mass is 16.5. The lowest BCUT2D eigenvalue weighted by atomic mass is 9.95. The molecule has 0 aromatic rings. The van der Waals surface area contributed by atoms with Crippen molar-refractivity contribution in [2.24, 2.45) is 11.7 Å². The predicted molar refractivity (Wildman–Crippen MR) is 68.7 cm³/mol. The van der Waals surface area contributed by atoms with Crippen molar-refractivity contribution in [1.82, 2.24) is 4.90 Å². The van der Waals surface area contributed by atoms with E-state index in [2.05, 4.69) is 6.92 Å². The van der Waals surface area contributed by atoms with E-state index in [1.807, 2.05) is 11.8 Å². The molecule has 1 fully saturated rings. The van der Waals surface area contributed by atoms with Crippen molar-refractivity contribution in [2.75, 3.05) is 26.2 Å². The van der Waals surface area contributed by atoms with Crippen LogP contribution in [0.1, 0.15) is 39.5 Å². The number of piperidine rings is 1. The van der Waals surface area contributed by atoms with Crippen molar-refractivity contribution in [3.63, 3.8) is 0 Å². The number of rotatable bonds is 6. The molecule has 0 aromatic carbocycles. The number of ether oxygens (including phenoxy) is 1. The normalized spacial score (nSPS) is 22.5. The van der Waals surface area contributed by atoms with Crippen molar-refractivity contribution >= 4 is 5.91 Å². The van der Waals surface area contributed by atoms with Crippen LogP contribution >= 0.6 is 0 Å². The quantitative estimate of drug-likeness (QED) is 0.765. The summed E-state index contributed by atoms with van der Waals surface area (Å²) < 4.78 is 5.43. The molecule has 1 aliphatic rings. The number of likely N-dealkylation sites (tertiary alicyclic amines) is 1. The van der Waals surface area contributed by atoms with Gasteiger partial charge in [-0.1, -0.05) is 13.3 Å². The van der Waals surface area contributed by atoms with E-state index in [0.29, 0.717) is 25.5 Å². The lowest BCUT2D eigenvalue weighted by Crippen LogP contribution is -2.42. The van der Waals surface area contributed by atoms with Crippen molar-refractivity contribution in [1.29, 1.82) is 0 Å². The number of amides is 1. The van der Waals surface area contributed by atoms with E-state index in [1.165, 1.54) is 6.42 Å². The summed E-state index contributed by atoms with van der Waals surface area (Å²) in [6.07, 6.45) is 3.86. The van der Waals surface area contributed by atoms with Crippen LogP contribution < -0.4 is 5.73 Å². The first kappa shape index (κ1) is 14.5. The van der Waals surface area contributed by atoms with Gasteiger partial charge >= 0.3 is 0 Å². The fraction of sp³-hybridized carbons (Fsp3) is 0.923. The fourth-order valence-electron chi connectivity index (χ4n) is 2.39. The van der Waals surface area contributed by atoms with E-state index < -0.39 is 0 Å². The Balaban J connectivity index is 2.40. The highest BCUT2D eigenvalue weighted by Gasteiger charge is 2.24. The molecular weight excluding hydrogens is 216 g/mol. The maximum Gasteiger partial charge on any atom is 0.225 e. The average Bonchev–Trinajstić information content (AvgIpc) is 2.38. The van der Waals surface area contributed by atoms with Gasteiger partial charge in [-0.05, 0) is 25.7 Å². The zero-order valence-electron chi connectivity index (χ0n) is 11.2. The van der Waals surface area contributed by atoms with Gasteiger partial charge in [0.15, 0.2) is 0 Å². The van der Waals surface area contributed by atoms with E-state index in [1.54, 1.807) is 0 Å². The second kappa shape index (κ2) is 7.67. The standard InChI is InChI=1S/C13H26N2O2/c1-3-11-6-5-7-15(10-11)13(16)8-12(9-14)17-4-2/h11-12H,3-10,14H2,1-2H3. The third-order valence-corrected chi connectivity index (χ3v) is 3.52. The van der Waals surface area contributed by atoms with Crippen molar-refractivity contribution in [3.8, 4) is 0 Å². The van der Waals surface area contributed by atoms with Gasteiger partial charge in [-0.25, -0.2) is 0 Å². The topological polar surface area (TPSA) is 55.6 Å². The molecule has 100 valence electrons. The van der Waals surface area contributed by atoms with Gasteiger partial charge in [0.25, 0.3) is 0 Å². The van der Waals surface area contributed by atoms with Crippen molar-refractivity contribution < 1.29 is 9.53 Å². The number of hydrogen-bond acceptors (Lipinski definition) is 3. The van der Waals surface area contributed by atoms with E-state index in [-0.39, 0.29) is 12.0 Å². The molecule has 2 unspecified atom stereocenters. The maximum absolute atomic E-state index is 12.1. The van der Waals surface area contributed by atoms with Gasteiger partial charge < -0.3 is 15.4 Å². The van der Waals surface area contributed by atoms with Gasteiger partial charge in [-0.3, -0.25) is 4.79 Å². The van der Waals surface area contributed by atoms with Crippen LogP contribution in [0, 0.1) is 5.92 Å². The SMILES string of the molecule is CCOC(CN)CC(=O)N1CCCC(CC)C1. The molecule has 0 aliphatic carbocycles. The maximum atomic E-state index is 12.1. The number of nitrogens with zero attached hydrogens (tertiary/aromatic N) is 1. The Morgan fingerprint density at radius 2 is 2.29 bits per heavy atom. The van der Waals surface area contributed by atoms with Gasteiger partial charge in [0.1, 0.15) is 0 Å². The number of carbonyl (C=O) groups excluding carboxylic acids is 1. The Morgan fingerprint density at radius 3 is 2.88 bits per heavy atom. The van der Waals surface area contributed by atoms with E-state index in [4.69, 9.17) is 10.5 Å². The molecule has 1 aliphatic heterocycles. The third-order valence-electron chi connectivity index (χ3n) is 3.52. The number of carbonyl (C=O) groups is 1. The molecule has 0 aromatic heterocycles. The highest BCUT2D eigenvalue weighted by molar-refractivity contribution is 5.76. The van der Waals surface area contributed by atoms with Crippen molar-refractivity contribution in [2.45, 2.75) is 45.6 Å². The first-order valence-electron chi connectivity index (χ1n) is 6.80. The zero-order valence-corrected chi connectivity index (χ0v) is 11.2. The summed E-state index contributed by atoms with van der Waals surface area (Å²) in [6, 6.07) is 0. The molecule has 1 saturated heterocycles. The average molecular weight is 242 g/mol. The third kappa shape index (κ3) is 4.64. The van der Waals surface area contributed by atoms with Crippen LogP contribution in [0.2, 0.25) is 0 Å². The molecule has 0 bridgehead atoms. The molecule has 0 spiro atoms. The van der Waals surface area contributed by atoms with Gasteiger partial charge in [0, 0.05) is 26.2 Å². The van der Waals surface area contributed by atoms with Gasteiger partial charge in [0.2, 0.25) is 5.91 Å². The molecule has 4 heteroatoms. The van der Waals surface area contributed by atoms with Crippen molar-refractivity contribution in [3.05, 3.63) is 0 Å². The summed E-state index contributed by atoms with van der Waals surface area (Å²) in [6.45, 7) is 6.98. The summed E-state index contributed by atoms with van der Waals surface area (Å²) in [5, 5.41) is 0. The Labute approximate surface area is 104 Å². The molecular formula is C13H26N2O2. The first-order valence-corrected chi connectivity index (χ1v) is 6.80. The molecule has 2 atom stereocenters. The van der Waals surface area contributed by atoms with Crippen LogP contribution in [0.3, 0.4) is 0 Å². The lowest BCUT2D eigenvalue weighted by Gasteiger charge is -2.33. The second-order valence-corrected chi connectivity index (χ2v) is 4.77. The Bertz CT molecular complexity index is 233. The van der Waals surface area contributed by atoms with E-state index in [0.717, 1.165) is 25.9 Å². The van der Waals surface area contributed by atoms with Crippen LogP contribution in [0.15, 0.2) is 0 Å². The lowest BCUT2D eigenvalue weighted by molar-refractivity contribution is -0.135. The molecule has 0 radical (unpaired) electrons. The molecule has 1 rings (SSSR count). The number of hydrogen-bond donors (Lipinski definition) is 1. The Morgan fingerprint density at radius 1 is 1.53 bits per heavy atom. The fourth-order valence-corrected chi connectivity index (χ4v) is 2.39. The van der Waals surface area contributed by atoms with Crippen LogP contribution in [0.25, 0.3) is 0 Å². The summed E-state index contributed by atoms with van der Waals surface area (Å²) in [4.78, 5) is 14.1. The minimum absolute atomic E-state index is 0.116. The van der Waals surface area contributed by atoms with Gasteiger partial charge in [-0.2, -0.15) is 0 Å². The minimum atomic E-state index is -0.116. The molecule has 0 saturated carbocycles. The largest absolute Gasteiger partial charge is 0.377 e. The number of nitrogens with two attached hydrogens (primary N) is 1.